The second kappa shape index (κ2) is 33.4. The van der Waals surface area contributed by atoms with E-state index in [9.17, 15) is 9.59 Å². The topological polar surface area (TPSA) is 95.1 Å². The van der Waals surface area contributed by atoms with Crippen molar-refractivity contribution >= 4 is 23.2 Å². The molecule has 0 atom stereocenters. The number of nitrogens with one attached hydrogen (secondary N) is 2. The first-order chi connectivity index (χ1) is 31.4. The van der Waals surface area contributed by atoms with Gasteiger partial charge in [-0.1, -0.05) is 168 Å². The Morgan fingerprint density at radius 2 is 0.703 bits per heavy atom. The number of ether oxygens (including phenoxy) is 4. The van der Waals surface area contributed by atoms with Crippen LogP contribution in [0.4, 0.5) is 11.4 Å². The fraction of sp³-hybridized carbons (Fsp3) is 0.571. The standard InChI is InChI=1S/C56H80N2O6/c1-7-13-17-21-25-29-37-61-51-35-33-45(11-5)41-49(51)57-55(59)47-43-48(56(60)58-50-42-46(12-6)34-36-52(50)62-38-30-26-22-18-14-8-2)54(64-40-32-28-24-20-16-10-4)44-53(47)63-39-31-27-23-19-15-9-3/h5-6,33-36,41-44H,7-10,13-32,37-40H2,1-4H3,(H,57,59)(H,58,60). The molecule has 0 aliphatic rings. The van der Waals surface area contributed by atoms with E-state index in [0.717, 1.165) is 77.0 Å². The lowest BCUT2D eigenvalue weighted by atomic mass is 10.1. The maximum absolute atomic E-state index is 14.6. The van der Waals surface area contributed by atoms with Gasteiger partial charge in [0.15, 0.2) is 0 Å². The molecule has 0 aliphatic heterocycles. The Morgan fingerprint density at radius 1 is 0.406 bits per heavy atom. The Balaban J connectivity index is 2.00. The fourth-order valence-electron chi connectivity index (χ4n) is 7.48. The zero-order valence-corrected chi connectivity index (χ0v) is 40.0. The van der Waals surface area contributed by atoms with Gasteiger partial charge in [0.25, 0.3) is 11.8 Å². The van der Waals surface area contributed by atoms with E-state index in [0.29, 0.717) is 71.9 Å². The van der Waals surface area contributed by atoms with Crippen LogP contribution in [0, 0.1) is 24.7 Å². The van der Waals surface area contributed by atoms with Gasteiger partial charge in [-0.25, -0.2) is 0 Å². The van der Waals surface area contributed by atoms with E-state index in [1.165, 1.54) is 77.0 Å². The van der Waals surface area contributed by atoms with Gasteiger partial charge in [0, 0.05) is 17.2 Å². The van der Waals surface area contributed by atoms with Crippen molar-refractivity contribution in [1.82, 2.24) is 0 Å². The van der Waals surface area contributed by atoms with Crippen LogP contribution in [0.25, 0.3) is 0 Å². The second-order valence-corrected chi connectivity index (χ2v) is 16.9. The van der Waals surface area contributed by atoms with E-state index < -0.39 is 11.8 Å². The molecule has 350 valence electrons. The summed E-state index contributed by atoms with van der Waals surface area (Å²) in [6.07, 6.45) is 38.3. The van der Waals surface area contributed by atoms with E-state index in [2.05, 4.69) is 50.2 Å². The van der Waals surface area contributed by atoms with Crippen LogP contribution in [0.5, 0.6) is 23.0 Å². The van der Waals surface area contributed by atoms with Crippen LogP contribution in [-0.4, -0.2) is 38.2 Å². The largest absolute Gasteiger partial charge is 0.493 e. The quantitative estimate of drug-likeness (QED) is 0.0446. The minimum Gasteiger partial charge on any atom is -0.493 e. The number of terminal acetylenes is 2. The van der Waals surface area contributed by atoms with E-state index in [-0.39, 0.29) is 11.1 Å². The van der Waals surface area contributed by atoms with Crippen molar-refractivity contribution in [2.24, 2.45) is 0 Å². The molecule has 8 nitrogen and oxygen atoms in total. The van der Waals surface area contributed by atoms with E-state index in [4.69, 9.17) is 31.8 Å². The molecular weight excluding hydrogens is 797 g/mol. The van der Waals surface area contributed by atoms with Crippen LogP contribution < -0.4 is 29.6 Å². The Morgan fingerprint density at radius 3 is 1.02 bits per heavy atom. The number of amides is 2. The minimum atomic E-state index is -0.467. The van der Waals surface area contributed by atoms with E-state index >= 15 is 0 Å². The van der Waals surface area contributed by atoms with E-state index in [1.807, 2.05) is 0 Å². The van der Waals surface area contributed by atoms with Gasteiger partial charge in [-0.2, -0.15) is 0 Å². The number of hydrogen-bond acceptors (Lipinski definition) is 6. The van der Waals surface area contributed by atoms with Gasteiger partial charge in [0.1, 0.15) is 23.0 Å². The molecule has 0 spiro atoms. The summed E-state index contributed by atoms with van der Waals surface area (Å²) in [6.45, 7) is 10.7. The summed E-state index contributed by atoms with van der Waals surface area (Å²) in [5, 5.41) is 6.12. The van der Waals surface area contributed by atoms with Crippen molar-refractivity contribution in [3.8, 4) is 47.7 Å². The summed E-state index contributed by atoms with van der Waals surface area (Å²) < 4.78 is 25.3. The highest BCUT2D eigenvalue weighted by molar-refractivity contribution is 6.12. The molecule has 0 aromatic heterocycles. The van der Waals surface area contributed by atoms with Crippen molar-refractivity contribution in [2.75, 3.05) is 37.1 Å². The molecule has 64 heavy (non-hydrogen) atoms. The van der Waals surface area contributed by atoms with Crippen molar-refractivity contribution in [3.63, 3.8) is 0 Å². The molecule has 0 saturated heterocycles. The molecule has 0 radical (unpaired) electrons. The highest BCUT2D eigenvalue weighted by Crippen LogP contribution is 2.35. The number of unbranched alkanes of at least 4 members (excludes halogenated alkanes) is 20. The lowest BCUT2D eigenvalue weighted by Gasteiger charge is -2.19. The van der Waals surface area contributed by atoms with Gasteiger partial charge in [0.2, 0.25) is 0 Å². The molecule has 0 heterocycles. The molecule has 0 fully saturated rings. The molecule has 2 N–H and O–H groups in total. The van der Waals surface area contributed by atoms with Crippen LogP contribution in [-0.2, 0) is 0 Å². The van der Waals surface area contributed by atoms with Gasteiger partial charge in [-0.3, -0.25) is 9.59 Å². The number of carbonyl (C=O) groups excluding carboxylic acids is 2. The van der Waals surface area contributed by atoms with Gasteiger partial charge in [-0.05, 0) is 68.1 Å². The summed E-state index contributed by atoms with van der Waals surface area (Å²) in [5.41, 5.74) is 2.47. The number of rotatable bonds is 36. The van der Waals surface area contributed by atoms with Crippen molar-refractivity contribution in [1.29, 1.82) is 0 Å². The predicted molar refractivity (Wildman–Crippen MR) is 267 cm³/mol. The minimum absolute atomic E-state index is 0.188. The first-order valence-electron chi connectivity index (χ1n) is 24.9. The average Bonchev–Trinajstić information content (AvgIpc) is 3.30. The Kier molecular flexibility index (Phi) is 27.8. The number of hydrogen-bond donors (Lipinski definition) is 2. The molecule has 0 bridgehead atoms. The first-order valence-corrected chi connectivity index (χ1v) is 24.9. The third-order valence-corrected chi connectivity index (χ3v) is 11.4. The molecule has 3 aromatic rings. The van der Waals surface area contributed by atoms with Crippen LogP contribution in [0.1, 0.15) is 214 Å². The fourth-order valence-corrected chi connectivity index (χ4v) is 7.48. The molecule has 0 aliphatic carbocycles. The lowest BCUT2D eigenvalue weighted by Crippen LogP contribution is -2.19. The Bertz CT molecular complexity index is 1740. The molecule has 3 aromatic carbocycles. The molecule has 2 amide bonds. The molecule has 0 saturated carbocycles. The summed E-state index contributed by atoms with van der Waals surface area (Å²) in [5.74, 6) is 6.13. The second-order valence-electron chi connectivity index (χ2n) is 16.9. The zero-order valence-electron chi connectivity index (χ0n) is 40.0. The lowest BCUT2D eigenvalue weighted by molar-refractivity contribution is 0.102. The highest BCUT2D eigenvalue weighted by atomic mass is 16.5. The van der Waals surface area contributed by atoms with Gasteiger partial charge in [0.05, 0.1) is 48.9 Å². The smallest absolute Gasteiger partial charge is 0.259 e. The van der Waals surface area contributed by atoms with Crippen molar-refractivity contribution < 1.29 is 28.5 Å². The van der Waals surface area contributed by atoms with Crippen LogP contribution >= 0.6 is 0 Å². The van der Waals surface area contributed by atoms with Crippen molar-refractivity contribution in [3.05, 3.63) is 70.8 Å². The summed E-state index contributed by atoms with van der Waals surface area (Å²) in [6, 6.07) is 13.9. The molecule has 8 heteroatoms. The van der Waals surface area contributed by atoms with Crippen LogP contribution in [0.3, 0.4) is 0 Å². The summed E-state index contributed by atoms with van der Waals surface area (Å²) in [4.78, 5) is 29.1. The molecule has 0 unspecified atom stereocenters. The van der Waals surface area contributed by atoms with E-state index in [1.54, 1.807) is 48.5 Å². The van der Waals surface area contributed by atoms with Gasteiger partial charge >= 0.3 is 0 Å². The summed E-state index contributed by atoms with van der Waals surface area (Å²) in [7, 11) is 0. The maximum atomic E-state index is 14.6. The van der Waals surface area contributed by atoms with Gasteiger partial charge in [-0.15, -0.1) is 12.8 Å². The highest BCUT2D eigenvalue weighted by Gasteiger charge is 2.24. The van der Waals surface area contributed by atoms with Gasteiger partial charge < -0.3 is 29.6 Å². The summed E-state index contributed by atoms with van der Waals surface area (Å²) >= 11 is 0. The van der Waals surface area contributed by atoms with Crippen LogP contribution in [0.15, 0.2) is 48.5 Å². The number of benzene rings is 3. The third-order valence-electron chi connectivity index (χ3n) is 11.4. The molecular formula is C56H80N2O6. The SMILES string of the molecule is C#Cc1ccc(OCCCCCCCC)c(NC(=O)c2cc(C(=O)Nc3cc(C#C)ccc3OCCCCCCCC)c(OCCCCCCCC)cc2OCCCCCCCC)c1. The average molecular weight is 877 g/mol. The molecule has 3 rings (SSSR count). The van der Waals surface area contributed by atoms with Crippen LogP contribution in [0.2, 0.25) is 0 Å². The van der Waals surface area contributed by atoms with Crippen molar-refractivity contribution in [2.45, 2.75) is 182 Å². The third kappa shape index (κ3) is 20.6. The maximum Gasteiger partial charge on any atom is 0.259 e. The number of carbonyl (C=O) groups is 2. The first kappa shape index (κ1) is 53.3. The Hall–Kier alpha value is -5.08. The monoisotopic (exact) mass is 877 g/mol. The Labute approximate surface area is 387 Å². The predicted octanol–water partition coefficient (Wildman–Crippen LogP) is 15.1. The normalized spacial score (nSPS) is 10.8. The number of anilines is 2. The zero-order chi connectivity index (χ0) is 46.0.